The molecule has 0 spiro atoms. The largest absolute Gasteiger partial charge is 0.508 e. The maximum absolute atomic E-state index is 11.2. The van der Waals surface area contributed by atoms with E-state index >= 15 is 0 Å². The van der Waals surface area contributed by atoms with E-state index in [0.717, 1.165) is 24.8 Å². The molecule has 0 amide bonds. The first-order valence-electron chi connectivity index (χ1n) is 5.77. The van der Waals surface area contributed by atoms with E-state index in [0.29, 0.717) is 6.61 Å². The van der Waals surface area contributed by atoms with Crippen molar-refractivity contribution >= 4 is 6.16 Å². The second-order valence-corrected chi connectivity index (χ2v) is 3.66. The van der Waals surface area contributed by atoms with Crippen molar-refractivity contribution in [2.24, 2.45) is 0 Å². The minimum Gasteiger partial charge on any atom is -0.434 e. The average Bonchev–Trinajstić information content (AvgIpc) is 2.37. The van der Waals surface area contributed by atoms with Crippen LogP contribution in [0.2, 0.25) is 0 Å². The first-order chi connectivity index (χ1) is 8.33. The Balaban J connectivity index is 2.05. The van der Waals surface area contributed by atoms with Crippen molar-refractivity contribution in [2.75, 3.05) is 13.2 Å². The summed E-state index contributed by atoms with van der Waals surface area (Å²) in [6, 6.07) is 9.45. The van der Waals surface area contributed by atoms with Crippen LogP contribution in [0.4, 0.5) is 4.79 Å². The number of hydrogen-bond donors (Lipinski definition) is 1. The molecule has 0 bridgehead atoms. The lowest BCUT2D eigenvalue weighted by Gasteiger charge is -2.05. The van der Waals surface area contributed by atoms with Gasteiger partial charge in [-0.2, -0.15) is 0 Å². The van der Waals surface area contributed by atoms with Gasteiger partial charge < -0.3 is 14.6 Å². The van der Waals surface area contributed by atoms with Crippen molar-refractivity contribution in [3.63, 3.8) is 0 Å². The maximum Gasteiger partial charge on any atom is 0.508 e. The van der Waals surface area contributed by atoms with Gasteiger partial charge in [0.1, 0.15) is 6.61 Å². The molecule has 0 unspecified atom stereocenters. The quantitative estimate of drug-likeness (QED) is 0.585. The topological polar surface area (TPSA) is 55.8 Å². The van der Waals surface area contributed by atoms with Crippen molar-refractivity contribution in [1.29, 1.82) is 0 Å². The molecule has 94 valence electrons. The molecule has 0 aromatic heterocycles. The van der Waals surface area contributed by atoms with Crippen LogP contribution in [0.15, 0.2) is 30.3 Å². The predicted molar refractivity (Wildman–Crippen MR) is 63.5 cm³/mol. The smallest absolute Gasteiger partial charge is 0.434 e. The molecule has 17 heavy (non-hydrogen) atoms. The summed E-state index contributed by atoms with van der Waals surface area (Å²) < 4.78 is 9.79. The highest BCUT2D eigenvalue weighted by Gasteiger charge is 2.03. The average molecular weight is 238 g/mol. The van der Waals surface area contributed by atoms with E-state index in [4.69, 9.17) is 14.6 Å². The number of unbranched alkanes of at least 4 members (excludes halogenated alkanes) is 2. The molecule has 1 aromatic carbocycles. The fraction of sp³-hybridized carbons (Fsp3) is 0.462. The van der Waals surface area contributed by atoms with Crippen LogP contribution >= 0.6 is 0 Å². The third kappa shape index (κ3) is 6.58. The Labute approximate surface area is 101 Å². The van der Waals surface area contributed by atoms with Crippen LogP contribution in [-0.4, -0.2) is 24.5 Å². The molecule has 4 nitrogen and oxygen atoms in total. The second kappa shape index (κ2) is 8.58. The normalized spacial score (nSPS) is 9.94. The van der Waals surface area contributed by atoms with E-state index in [-0.39, 0.29) is 13.2 Å². The van der Waals surface area contributed by atoms with E-state index in [9.17, 15) is 4.79 Å². The molecule has 0 fully saturated rings. The second-order valence-electron chi connectivity index (χ2n) is 3.66. The van der Waals surface area contributed by atoms with Gasteiger partial charge in [-0.15, -0.1) is 0 Å². The molecule has 1 aromatic rings. The van der Waals surface area contributed by atoms with Crippen molar-refractivity contribution < 1.29 is 19.4 Å². The Kier molecular flexibility index (Phi) is 6.82. The molecule has 0 heterocycles. The summed E-state index contributed by atoms with van der Waals surface area (Å²) in [6.07, 6.45) is 1.70. The van der Waals surface area contributed by atoms with Crippen molar-refractivity contribution in [3.8, 4) is 0 Å². The Morgan fingerprint density at radius 1 is 1.06 bits per heavy atom. The number of aliphatic hydroxyl groups is 1. The molecule has 1 N–H and O–H groups in total. The van der Waals surface area contributed by atoms with Crippen LogP contribution in [0.3, 0.4) is 0 Å². The van der Waals surface area contributed by atoms with Gasteiger partial charge in [0, 0.05) is 6.61 Å². The van der Waals surface area contributed by atoms with E-state index in [1.54, 1.807) is 0 Å². The van der Waals surface area contributed by atoms with E-state index < -0.39 is 6.16 Å². The van der Waals surface area contributed by atoms with Gasteiger partial charge in [-0.05, 0) is 24.8 Å². The molecular weight excluding hydrogens is 220 g/mol. The summed E-state index contributed by atoms with van der Waals surface area (Å²) in [4.78, 5) is 11.2. The molecule has 0 saturated heterocycles. The lowest BCUT2D eigenvalue weighted by atomic mass is 10.2. The highest BCUT2D eigenvalue weighted by Crippen LogP contribution is 2.02. The number of carbonyl (C=O) groups is 1. The molecule has 0 aliphatic rings. The molecule has 1 rings (SSSR count). The molecule has 4 heteroatoms. The van der Waals surface area contributed by atoms with E-state index in [2.05, 4.69) is 0 Å². The number of rotatable bonds is 7. The minimum absolute atomic E-state index is 0.179. The first kappa shape index (κ1) is 13.5. The zero-order chi connectivity index (χ0) is 12.3. The summed E-state index contributed by atoms with van der Waals surface area (Å²) in [5.41, 5.74) is 0.935. The number of hydrogen-bond acceptors (Lipinski definition) is 4. The molecule has 0 radical (unpaired) electrons. The molecular formula is C13H18O4. The Morgan fingerprint density at radius 2 is 1.82 bits per heavy atom. The predicted octanol–water partition coefficient (Wildman–Crippen LogP) is 2.50. The van der Waals surface area contributed by atoms with Gasteiger partial charge in [-0.3, -0.25) is 0 Å². The monoisotopic (exact) mass is 238 g/mol. The van der Waals surface area contributed by atoms with Crippen LogP contribution in [0.5, 0.6) is 0 Å². The number of ether oxygens (including phenoxy) is 2. The van der Waals surface area contributed by atoms with Gasteiger partial charge in [0.15, 0.2) is 0 Å². The van der Waals surface area contributed by atoms with Crippen LogP contribution in [0.1, 0.15) is 24.8 Å². The summed E-state index contributed by atoms with van der Waals surface area (Å²) in [7, 11) is 0. The van der Waals surface area contributed by atoms with Gasteiger partial charge in [0.2, 0.25) is 0 Å². The van der Waals surface area contributed by atoms with Crippen molar-refractivity contribution in [3.05, 3.63) is 35.9 Å². The van der Waals surface area contributed by atoms with Crippen molar-refractivity contribution in [2.45, 2.75) is 25.9 Å². The van der Waals surface area contributed by atoms with Crippen LogP contribution in [0.25, 0.3) is 0 Å². The molecule has 0 aliphatic carbocycles. The SMILES string of the molecule is O=C(OCCCCCO)OCc1ccccc1. The van der Waals surface area contributed by atoms with Crippen LogP contribution in [0, 0.1) is 0 Å². The summed E-state index contributed by atoms with van der Waals surface area (Å²) in [5, 5.41) is 8.55. The molecule has 0 saturated carbocycles. The number of aliphatic hydroxyl groups excluding tert-OH is 1. The zero-order valence-corrected chi connectivity index (χ0v) is 9.80. The molecule has 0 atom stereocenters. The fourth-order valence-corrected chi connectivity index (χ4v) is 1.30. The zero-order valence-electron chi connectivity index (χ0n) is 9.80. The van der Waals surface area contributed by atoms with Gasteiger partial charge in [0.05, 0.1) is 6.61 Å². The van der Waals surface area contributed by atoms with Gasteiger partial charge in [0.25, 0.3) is 0 Å². The highest BCUT2D eigenvalue weighted by atomic mass is 16.7. The maximum atomic E-state index is 11.2. The van der Waals surface area contributed by atoms with Gasteiger partial charge in [-0.25, -0.2) is 4.79 Å². The number of benzene rings is 1. The number of carbonyl (C=O) groups excluding carboxylic acids is 1. The molecule has 0 aliphatic heterocycles. The van der Waals surface area contributed by atoms with E-state index in [1.165, 1.54) is 0 Å². The van der Waals surface area contributed by atoms with Crippen LogP contribution in [-0.2, 0) is 16.1 Å². The standard InChI is InChI=1S/C13H18O4/c14-9-5-2-6-10-16-13(15)17-11-12-7-3-1-4-8-12/h1,3-4,7-8,14H,2,5-6,9-11H2. The lowest BCUT2D eigenvalue weighted by Crippen LogP contribution is -2.08. The van der Waals surface area contributed by atoms with E-state index in [1.807, 2.05) is 30.3 Å². The third-order valence-electron chi connectivity index (χ3n) is 2.22. The Morgan fingerprint density at radius 3 is 2.53 bits per heavy atom. The van der Waals surface area contributed by atoms with Crippen molar-refractivity contribution in [1.82, 2.24) is 0 Å². The summed E-state index contributed by atoms with van der Waals surface area (Å²) >= 11 is 0. The van der Waals surface area contributed by atoms with Crippen LogP contribution < -0.4 is 0 Å². The summed E-state index contributed by atoms with van der Waals surface area (Å²) in [6.45, 7) is 0.752. The van der Waals surface area contributed by atoms with Gasteiger partial charge >= 0.3 is 6.16 Å². The Hall–Kier alpha value is -1.55. The fourth-order valence-electron chi connectivity index (χ4n) is 1.30. The minimum atomic E-state index is -0.641. The third-order valence-corrected chi connectivity index (χ3v) is 2.22. The van der Waals surface area contributed by atoms with Gasteiger partial charge in [-0.1, -0.05) is 30.3 Å². The first-order valence-corrected chi connectivity index (χ1v) is 5.77. The lowest BCUT2D eigenvalue weighted by molar-refractivity contribution is 0.0486. The Bertz CT molecular complexity index is 310. The summed E-state index contributed by atoms with van der Waals surface area (Å²) in [5.74, 6) is 0. The highest BCUT2D eigenvalue weighted by molar-refractivity contribution is 5.59.